The Balaban J connectivity index is 1.75. The van der Waals surface area contributed by atoms with Crippen molar-refractivity contribution < 1.29 is 27.5 Å². The first-order valence-electron chi connectivity index (χ1n) is 14.4. The quantitative estimate of drug-likeness (QED) is 0.291. The molecule has 4 rings (SSSR count). The fraction of sp³-hybridized carbons (Fsp3) is 0.375. The summed E-state index contributed by atoms with van der Waals surface area (Å²) in [6, 6.07) is 20.2. The first kappa shape index (κ1) is 32.2. The lowest BCUT2D eigenvalue weighted by molar-refractivity contribution is -0.140. The number of anilines is 1. The highest BCUT2D eigenvalue weighted by molar-refractivity contribution is 7.92. The third kappa shape index (κ3) is 8.42. The average molecular weight is 628 g/mol. The van der Waals surface area contributed by atoms with Crippen molar-refractivity contribution in [3.63, 3.8) is 0 Å². The molecule has 0 saturated carbocycles. The van der Waals surface area contributed by atoms with E-state index in [1.807, 2.05) is 50.2 Å². The molecule has 0 aliphatic carbocycles. The number of amides is 2. The van der Waals surface area contributed by atoms with Gasteiger partial charge >= 0.3 is 0 Å². The van der Waals surface area contributed by atoms with Gasteiger partial charge in [-0.3, -0.25) is 13.9 Å². The van der Waals surface area contributed by atoms with Crippen LogP contribution < -0.4 is 19.1 Å². The van der Waals surface area contributed by atoms with Gasteiger partial charge in [0.25, 0.3) is 0 Å². The molecule has 1 aliphatic heterocycles. The summed E-state index contributed by atoms with van der Waals surface area (Å²) in [6.07, 6.45) is 0.943. The number of rotatable bonds is 13. The normalized spacial score (nSPS) is 14.0. The minimum atomic E-state index is -3.91. The molecular weight excluding hydrogens is 590 g/mol. The number of fused-ring (bicyclic) bond motifs is 1. The van der Waals surface area contributed by atoms with Crippen LogP contribution in [0.4, 0.5) is 5.69 Å². The lowest BCUT2D eigenvalue weighted by Gasteiger charge is -2.34. The van der Waals surface area contributed by atoms with Crippen molar-refractivity contribution in [2.24, 2.45) is 0 Å². The predicted molar refractivity (Wildman–Crippen MR) is 168 cm³/mol. The highest BCUT2D eigenvalue weighted by Gasteiger charge is 2.34. The summed E-state index contributed by atoms with van der Waals surface area (Å²) in [5, 5.41) is 3.51. The van der Waals surface area contributed by atoms with Gasteiger partial charge in [-0.05, 0) is 55.7 Å². The molecule has 0 saturated heterocycles. The van der Waals surface area contributed by atoms with E-state index in [9.17, 15) is 18.0 Å². The molecule has 1 aliphatic rings. The molecule has 0 fully saturated rings. The zero-order valence-corrected chi connectivity index (χ0v) is 26.2. The van der Waals surface area contributed by atoms with Gasteiger partial charge in [0.2, 0.25) is 21.8 Å². The number of hydrogen-bond donors (Lipinski definition) is 1. The van der Waals surface area contributed by atoms with Crippen LogP contribution in [0.15, 0.2) is 72.8 Å². The smallest absolute Gasteiger partial charge is 0.244 e. The minimum Gasteiger partial charge on any atom is -0.486 e. The number of carbonyl (C=O) groups excluding carboxylic acids is 2. The van der Waals surface area contributed by atoms with Gasteiger partial charge in [0.15, 0.2) is 11.5 Å². The van der Waals surface area contributed by atoms with Gasteiger partial charge in [0.1, 0.15) is 25.8 Å². The van der Waals surface area contributed by atoms with Gasteiger partial charge in [-0.2, -0.15) is 0 Å². The van der Waals surface area contributed by atoms with Crippen LogP contribution >= 0.6 is 11.6 Å². The molecule has 0 aromatic heterocycles. The van der Waals surface area contributed by atoms with Crippen LogP contribution in [0, 0.1) is 0 Å². The van der Waals surface area contributed by atoms with Gasteiger partial charge in [-0.1, -0.05) is 61.0 Å². The van der Waals surface area contributed by atoms with E-state index in [2.05, 4.69) is 5.32 Å². The largest absolute Gasteiger partial charge is 0.486 e. The van der Waals surface area contributed by atoms with Crippen molar-refractivity contribution in [1.29, 1.82) is 0 Å². The number of nitrogens with zero attached hydrogens (tertiary/aromatic N) is 2. The highest BCUT2D eigenvalue weighted by atomic mass is 35.5. The number of ether oxygens (including phenoxy) is 2. The number of hydrogen-bond acceptors (Lipinski definition) is 6. The van der Waals surface area contributed by atoms with Gasteiger partial charge in [-0.25, -0.2) is 8.42 Å². The molecule has 0 bridgehead atoms. The molecule has 1 N–H and O–H groups in total. The zero-order chi connectivity index (χ0) is 31.0. The van der Waals surface area contributed by atoms with E-state index < -0.39 is 28.5 Å². The fourth-order valence-corrected chi connectivity index (χ4v) is 6.00. The molecule has 3 aromatic carbocycles. The molecule has 9 nitrogen and oxygen atoms in total. The molecule has 1 heterocycles. The lowest BCUT2D eigenvalue weighted by Crippen LogP contribution is -2.54. The van der Waals surface area contributed by atoms with Crippen molar-refractivity contribution in [2.75, 3.05) is 29.8 Å². The summed E-state index contributed by atoms with van der Waals surface area (Å²) in [7, 11) is -3.91. The molecule has 43 heavy (non-hydrogen) atoms. The number of sulfonamides is 1. The van der Waals surface area contributed by atoms with Crippen molar-refractivity contribution in [3.05, 3.63) is 88.9 Å². The zero-order valence-electron chi connectivity index (χ0n) is 24.7. The van der Waals surface area contributed by atoms with E-state index in [0.717, 1.165) is 9.87 Å². The van der Waals surface area contributed by atoms with E-state index in [0.29, 0.717) is 41.7 Å². The van der Waals surface area contributed by atoms with E-state index in [-0.39, 0.29) is 36.4 Å². The van der Waals surface area contributed by atoms with Crippen LogP contribution in [0.5, 0.6) is 11.5 Å². The molecule has 0 spiro atoms. The first-order chi connectivity index (χ1) is 20.6. The standard InChI is InChI=1S/C32H38ClN3O6S/c1-4-23(3)34-32(38)28(19-24-10-7-6-8-11-24)35(21-25-12-9-13-26(33)18-25)31(37)22-36(43(39,40)5-2)27-14-15-29-30(20-27)42-17-16-41-29/h6-15,18,20,23,28H,4-5,16-17,19,21-22H2,1-3H3,(H,34,38)/t23-,28-/m0/s1. The maximum absolute atomic E-state index is 14.3. The predicted octanol–water partition coefficient (Wildman–Crippen LogP) is 4.82. The number of halogens is 1. The number of nitrogens with one attached hydrogen (secondary N) is 1. The maximum atomic E-state index is 14.3. The van der Waals surface area contributed by atoms with Crippen LogP contribution in [0.25, 0.3) is 0 Å². The van der Waals surface area contributed by atoms with Crippen molar-refractivity contribution in [2.45, 2.75) is 52.2 Å². The Morgan fingerprint density at radius 3 is 2.30 bits per heavy atom. The van der Waals surface area contributed by atoms with Crippen LogP contribution in [0.1, 0.15) is 38.3 Å². The maximum Gasteiger partial charge on any atom is 0.244 e. The van der Waals surface area contributed by atoms with Crippen LogP contribution in [0.3, 0.4) is 0 Å². The second-order valence-corrected chi connectivity index (χ2v) is 13.0. The molecule has 230 valence electrons. The van der Waals surface area contributed by atoms with Crippen LogP contribution in [-0.2, 0) is 32.6 Å². The van der Waals surface area contributed by atoms with Crippen molar-refractivity contribution in [3.8, 4) is 11.5 Å². The van der Waals surface area contributed by atoms with Gasteiger partial charge in [0, 0.05) is 30.1 Å². The second-order valence-electron chi connectivity index (χ2n) is 10.4. The summed E-state index contributed by atoms with van der Waals surface area (Å²) in [6.45, 7) is 5.64. The Bertz CT molecular complexity index is 1520. The Kier molecular flexibility index (Phi) is 10.9. The molecule has 2 amide bonds. The summed E-state index contributed by atoms with van der Waals surface area (Å²) >= 11 is 6.28. The van der Waals surface area contributed by atoms with Gasteiger partial charge in [-0.15, -0.1) is 0 Å². The van der Waals surface area contributed by atoms with E-state index >= 15 is 0 Å². The summed E-state index contributed by atoms with van der Waals surface area (Å²) < 4.78 is 39.1. The minimum absolute atomic E-state index is 0.0476. The molecule has 3 aromatic rings. The topological polar surface area (TPSA) is 105 Å². The third-order valence-electron chi connectivity index (χ3n) is 7.31. The lowest BCUT2D eigenvalue weighted by atomic mass is 10.0. The summed E-state index contributed by atoms with van der Waals surface area (Å²) in [4.78, 5) is 29.6. The molecule has 0 unspecified atom stereocenters. The summed E-state index contributed by atoms with van der Waals surface area (Å²) in [5.41, 5.74) is 1.84. The Morgan fingerprint density at radius 2 is 1.63 bits per heavy atom. The Labute approximate surface area is 258 Å². The number of carbonyl (C=O) groups is 2. The second kappa shape index (κ2) is 14.6. The monoisotopic (exact) mass is 627 g/mol. The van der Waals surface area contributed by atoms with Crippen LogP contribution in [0.2, 0.25) is 5.02 Å². The molecular formula is C32H38ClN3O6S. The average Bonchev–Trinajstić information content (AvgIpc) is 3.01. The van der Waals surface area contributed by atoms with Gasteiger partial charge < -0.3 is 19.7 Å². The van der Waals surface area contributed by atoms with Crippen LogP contribution in [-0.4, -0.2) is 62.7 Å². The molecule has 0 radical (unpaired) electrons. The molecule has 2 atom stereocenters. The molecule has 11 heteroatoms. The van der Waals surface area contributed by atoms with Crippen molar-refractivity contribution >= 4 is 39.1 Å². The first-order valence-corrected chi connectivity index (χ1v) is 16.4. The number of benzene rings is 3. The van der Waals surface area contributed by atoms with Gasteiger partial charge in [0.05, 0.1) is 11.4 Å². The highest BCUT2D eigenvalue weighted by Crippen LogP contribution is 2.35. The SMILES string of the molecule is CC[C@H](C)NC(=O)[C@H](Cc1ccccc1)N(Cc1cccc(Cl)c1)C(=O)CN(c1ccc2c(c1)OCCO2)S(=O)(=O)CC. The third-order valence-corrected chi connectivity index (χ3v) is 9.28. The van der Waals surface area contributed by atoms with E-state index in [1.165, 1.54) is 11.8 Å². The summed E-state index contributed by atoms with van der Waals surface area (Å²) in [5.74, 6) is -0.184. The Hall–Kier alpha value is -3.76. The van der Waals surface area contributed by atoms with Crippen molar-refractivity contribution in [1.82, 2.24) is 10.2 Å². The fourth-order valence-electron chi connectivity index (χ4n) is 4.73. The van der Waals surface area contributed by atoms with E-state index in [1.54, 1.807) is 36.4 Å². The Morgan fingerprint density at radius 1 is 0.930 bits per heavy atom. The van der Waals surface area contributed by atoms with E-state index in [4.69, 9.17) is 21.1 Å².